The van der Waals surface area contributed by atoms with Gasteiger partial charge < -0.3 is 5.32 Å². The van der Waals surface area contributed by atoms with E-state index < -0.39 is 0 Å². The first-order valence-electron chi connectivity index (χ1n) is 9.62. The molecule has 4 aromatic rings. The third kappa shape index (κ3) is 5.74. The van der Waals surface area contributed by atoms with Gasteiger partial charge in [-0.3, -0.25) is 4.79 Å². The van der Waals surface area contributed by atoms with Crippen LogP contribution in [-0.2, 0) is 20.8 Å². The van der Waals surface area contributed by atoms with Crippen molar-refractivity contribution in [3.05, 3.63) is 103 Å². The van der Waals surface area contributed by atoms with Gasteiger partial charge in [0, 0.05) is 12.1 Å². The number of nitrogens with one attached hydrogen (secondary N) is 1. The molecule has 0 radical (unpaired) electrons. The minimum Gasteiger partial charge on any atom is -0.326 e. The molecule has 0 saturated heterocycles. The van der Waals surface area contributed by atoms with Gasteiger partial charge in [-0.2, -0.15) is 9.59 Å². The summed E-state index contributed by atoms with van der Waals surface area (Å²) in [6.45, 7) is 0. The molecule has 0 unspecified atom stereocenters. The van der Waals surface area contributed by atoms with Gasteiger partial charge in [0.1, 0.15) is 0 Å². The van der Waals surface area contributed by atoms with E-state index >= 15 is 0 Å². The lowest BCUT2D eigenvalue weighted by Crippen LogP contribution is -2.12. The van der Waals surface area contributed by atoms with Crippen molar-refractivity contribution < 1.29 is 14.4 Å². The Balaban J connectivity index is 0.000000806. The molecule has 1 N–H and O–H groups in total. The maximum atomic E-state index is 12.4. The van der Waals surface area contributed by atoms with E-state index in [2.05, 4.69) is 53.8 Å². The number of hydrogen-bond donors (Lipinski definition) is 1. The van der Waals surface area contributed by atoms with E-state index in [-0.39, 0.29) is 12.1 Å². The highest BCUT2D eigenvalue weighted by molar-refractivity contribution is 5.94. The number of carbonyl (C=O) groups is 1. The zero-order valence-corrected chi connectivity index (χ0v) is 16.4. The Labute approximate surface area is 175 Å². The van der Waals surface area contributed by atoms with Gasteiger partial charge in [-0.15, -0.1) is 0 Å². The van der Waals surface area contributed by atoms with Gasteiger partial charge in [-0.25, -0.2) is 0 Å². The highest BCUT2D eigenvalue weighted by atomic mass is 16.2. The van der Waals surface area contributed by atoms with Gasteiger partial charge in [-0.05, 0) is 46.0 Å². The normalized spacial score (nSPS) is 9.87. The number of carbonyl (C=O) groups excluding carboxylic acids is 3. The maximum Gasteiger partial charge on any atom is 0.373 e. The Bertz CT molecular complexity index is 1160. The average Bonchev–Trinajstić information content (AvgIpc) is 2.79. The van der Waals surface area contributed by atoms with E-state index in [1.165, 1.54) is 22.1 Å². The highest BCUT2D eigenvalue weighted by Crippen LogP contribution is 2.21. The molecule has 0 saturated carbocycles. The standard InChI is InChI=1S/C25H21NO.CO2/c27-25(26-24-15-14-21-10-4-5-11-23(21)18-24)16-13-19-7-6-12-22(17-19)20-8-2-1-3-9-20;2-1-3/h1-12,14-15,17-18H,13,16H2,(H,26,27);. The molecule has 0 aromatic heterocycles. The Morgan fingerprint density at radius 2 is 1.37 bits per heavy atom. The predicted octanol–water partition coefficient (Wildman–Crippen LogP) is 5.49. The third-order valence-electron chi connectivity index (χ3n) is 4.71. The maximum absolute atomic E-state index is 12.4. The van der Waals surface area contributed by atoms with Crippen LogP contribution < -0.4 is 5.32 Å². The van der Waals surface area contributed by atoms with Gasteiger partial charge >= 0.3 is 6.15 Å². The first-order valence-corrected chi connectivity index (χ1v) is 9.62. The Morgan fingerprint density at radius 3 is 2.13 bits per heavy atom. The van der Waals surface area contributed by atoms with Gasteiger partial charge in [0.25, 0.3) is 0 Å². The number of fused-ring (bicyclic) bond motifs is 1. The van der Waals surface area contributed by atoms with Gasteiger partial charge in [0.15, 0.2) is 0 Å². The van der Waals surface area contributed by atoms with Gasteiger partial charge in [-0.1, -0.05) is 84.9 Å². The number of aryl methyl sites for hydroxylation is 1. The van der Waals surface area contributed by atoms with Crippen LogP contribution in [0.3, 0.4) is 0 Å². The molecule has 4 heteroatoms. The number of benzene rings is 4. The number of amides is 1. The average molecular weight is 395 g/mol. The third-order valence-corrected chi connectivity index (χ3v) is 4.71. The lowest BCUT2D eigenvalue weighted by atomic mass is 10.0. The summed E-state index contributed by atoms with van der Waals surface area (Å²) in [5, 5.41) is 5.32. The molecule has 148 valence electrons. The van der Waals surface area contributed by atoms with Crippen molar-refractivity contribution in [1.82, 2.24) is 0 Å². The second-order valence-electron chi connectivity index (χ2n) is 6.76. The van der Waals surface area contributed by atoms with Crippen LogP contribution in [0.5, 0.6) is 0 Å². The lowest BCUT2D eigenvalue weighted by Gasteiger charge is -2.08. The zero-order valence-electron chi connectivity index (χ0n) is 16.4. The van der Waals surface area contributed by atoms with E-state index in [0.717, 1.165) is 17.5 Å². The quantitative estimate of drug-likeness (QED) is 0.486. The Morgan fingerprint density at radius 1 is 0.700 bits per heavy atom. The molecule has 4 aromatic carbocycles. The van der Waals surface area contributed by atoms with Crippen molar-refractivity contribution in [2.75, 3.05) is 5.32 Å². The SMILES string of the molecule is O=C(CCc1cccc(-c2ccccc2)c1)Nc1ccc2ccccc2c1.O=C=O. The fourth-order valence-electron chi connectivity index (χ4n) is 3.29. The molecule has 4 rings (SSSR count). The first-order chi connectivity index (χ1) is 14.7. The summed E-state index contributed by atoms with van der Waals surface area (Å²) in [5.41, 5.74) is 4.39. The van der Waals surface area contributed by atoms with Crippen LogP contribution in [0.4, 0.5) is 5.69 Å². The van der Waals surface area contributed by atoms with Crippen molar-refractivity contribution in [3.8, 4) is 11.1 Å². The van der Waals surface area contributed by atoms with Crippen LogP contribution in [-0.4, -0.2) is 12.1 Å². The van der Waals surface area contributed by atoms with E-state index in [1.54, 1.807) is 0 Å². The number of rotatable bonds is 5. The summed E-state index contributed by atoms with van der Waals surface area (Å²) < 4.78 is 0. The van der Waals surface area contributed by atoms with Crippen LogP contribution in [0, 0.1) is 0 Å². The summed E-state index contributed by atoms with van der Waals surface area (Å²) >= 11 is 0. The molecule has 0 fully saturated rings. The monoisotopic (exact) mass is 395 g/mol. The van der Waals surface area contributed by atoms with Crippen molar-refractivity contribution in [1.29, 1.82) is 0 Å². The van der Waals surface area contributed by atoms with Gasteiger partial charge in [0.05, 0.1) is 0 Å². The predicted molar refractivity (Wildman–Crippen MR) is 118 cm³/mol. The smallest absolute Gasteiger partial charge is 0.326 e. The fraction of sp³-hybridized carbons (Fsp3) is 0.0769. The molecular formula is C26H21NO3. The van der Waals surface area contributed by atoms with Crippen molar-refractivity contribution >= 4 is 28.5 Å². The van der Waals surface area contributed by atoms with E-state index in [4.69, 9.17) is 9.59 Å². The van der Waals surface area contributed by atoms with Gasteiger partial charge in [0.2, 0.25) is 5.91 Å². The molecule has 0 aliphatic rings. The van der Waals surface area contributed by atoms with Crippen LogP contribution in [0.15, 0.2) is 97.1 Å². The van der Waals surface area contributed by atoms with Crippen LogP contribution in [0.1, 0.15) is 12.0 Å². The largest absolute Gasteiger partial charge is 0.373 e. The van der Waals surface area contributed by atoms with E-state index in [1.807, 2.05) is 48.5 Å². The summed E-state index contributed by atoms with van der Waals surface area (Å²) in [5.74, 6) is 0.0374. The Kier molecular flexibility index (Phi) is 7.26. The molecule has 1 amide bonds. The topological polar surface area (TPSA) is 63.2 Å². The molecule has 30 heavy (non-hydrogen) atoms. The molecule has 0 heterocycles. The number of hydrogen-bond acceptors (Lipinski definition) is 3. The van der Waals surface area contributed by atoms with Crippen molar-refractivity contribution in [3.63, 3.8) is 0 Å². The molecule has 0 atom stereocenters. The molecule has 0 aliphatic carbocycles. The number of anilines is 1. The highest BCUT2D eigenvalue weighted by Gasteiger charge is 2.05. The van der Waals surface area contributed by atoms with Crippen molar-refractivity contribution in [2.24, 2.45) is 0 Å². The summed E-state index contributed by atoms with van der Waals surface area (Å²) in [6, 6.07) is 32.9. The molecular weight excluding hydrogens is 374 g/mol. The Hall–Kier alpha value is -4.01. The van der Waals surface area contributed by atoms with E-state index in [0.29, 0.717) is 6.42 Å². The molecule has 0 aliphatic heterocycles. The second-order valence-corrected chi connectivity index (χ2v) is 6.76. The van der Waals surface area contributed by atoms with Crippen LogP contribution >= 0.6 is 0 Å². The summed E-state index contributed by atoms with van der Waals surface area (Å²) in [6.07, 6.45) is 1.44. The minimum atomic E-state index is 0.0374. The molecule has 4 nitrogen and oxygen atoms in total. The van der Waals surface area contributed by atoms with Crippen LogP contribution in [0.25, 0.3) is 21.9 Å². The first kappa shape index (κ1) is 20.7. The minimum absolute atomic E-state index is 0.0374. The van der Waals surface area contributed by atoms with Crippen molar-refractivity contribution in [2.45, 2.75) is 12.8 Å². The zero-order chi connectivity index (χ0) is 21.2. The van der Waals surface area contributed by atoms with Crippen LogP contribution in [0.2, 0.25) is 0 Å². The molecule has 0 spiro atoms. The molecule has 0 bridgehead atoms. The lowest BCUT2D eigenvalue weighted by molar-refractivity contribution is -0.191. The van der Waals surface area contributed by atoms with E-state index in [9.17, 15) is 4.79 Å². The second kappa shape index (κ2) is 10.5. The summed E-state index contributed by atoms with van der Waals surface area (Å²) in [4.78, 5) is 28.6. The fourth-order valence-corrected chi connectivity index (χ4v) is 3.29. The summed E-state index contributed by atoms with van der Waals surface area (Å²) in [7, 11) is 0.